The molecule has 0 radical (unpaired) electrons. The van der Waals surface area contributed by atoms with E-state index in [0.717, 1.165) is 7.05 Å². The maximum atomic E-state index is 12.5. The summed E-state index contributed by atoms with van der Waals surface area (Å²) in [6.07, 6.45) is -4.61. The van der Waals surface area contributed by atoms with Gasteiger partial charge in [-0.15, -0.1) is 0 Å². The van der Waals surface area contributed by atoms with E-state index in [1.807, 2.05) is 0 Å². The van der Waals surface area contributed by atoms with Gasteiger partial charge in [0.2, 0.25) is 0 Å². The summed E-state index contributed by atoms with van der Waals surface area (Å²) in [5, 5.41) is 12.0. The van der Waals surface area contributed by atoms with Crippen LogP contribution >= 0.6 is 0 Å². The second-order valence-corrected chi connectivity index (χ2v) is 2.96. The highest BCUT2D eigenvalue weighted by atomic mass is 19.4. The van der Waals surface area contributed by atoms with Crippen molar-refractivity contribution < 1.29 is 23.1 Å². The number of carboxylic acids is 1. The molecule has 0 unspecified atom stereocenters. The number of aromatic carboxylic acids is 1. The monoisotopic (exact) mass is 222 g/mol. The maximum Gasteiger partial charge on any atom is 0.433 e. The minimum atomic E-state index is -4.58. The second kappa shape index (κ2) is 3.56. The van der Waals surface area contributed by atoms with Gasteiger partial charge in [0, 0.05) is 12.6 Å². The summed E-state index contributed by atoms with van der Waals surface area (Å²) in [5.41, 5.74) is -1.81. The van der Waals surface area contributed by atoms with E-state index in [1.54, 1.807) is 0 Å². The number of hydrogen-bond donors (Lipinski definition) is 1. The largest absolute Gasteiger partial charge is 0.476 e. The molecule has 1 rings (SSSR count). The van der Waals surface area contributed by atoms with Gasteiger partial charge in [0.15, 0.2) is 5.69 Å². The molecule has 0 spiro atoms. The van der Waals surface area contributed by atoms with E-state index in [1.165, 1.54) is 6.92 Å². The molecule has 0 aromatic carbocycles. The van der Waals surface area contributed by atoms with Crippen molar-refractivity contribution in [2.75, 3.05) is 0 Å². The van der Waals surface area contributed by atoms with Crippen LogP contribution in [0.1, 0.15) is 28.7 Å². The standard InChI is InChI=1S/C8H9F3N2O2/c1-3-4-5(7(14)15)12-13(2)6(4)8(9,10)11/h3H2,1-2H3,(H,14,15). The Hall–Kier alpha value is -1.53. The number of hydrogen-bond acceptors (Lipinski definition) is 2. The van der Waals surface area contributed by atoms with Gasteiger partial charge in [0.25, 0.3) is 0 Å². The van der Waals surface area contributed by atoms with Crippen LogP contribution in [0.4, 0.5) is 13.2 Å². The summed E-state index contributed by atoms with van der Waals surface area (Å²) in [4.78, 5) is 10.6. The number of alkyl halides is 3. The van der Waals surface area contributed by atoms with Crippen LogP contribution in [0.5, 0.6) is 0 Å². The number of aromatic nitrogens is 2. The van der Waals surface area contributed by atoms with Crippen LogP contribution in [-0.4, -0.2) is 20.9 Å². The summed E-state index contributed by atoms with van der Waals surface area (Å²) in [5.74, 6) is -1.45. The number of halogens is 3. The Morgan fingerprint density at radius 1 is 1.53 bits per heavy atom. The topological polar surface area (TPSA) is 55.1 Å². The zero-order valence-corrected chi connectivity index (χ0v) is 8.09. The van der Waals surface area contributed by atoms with Gasteiger partial charge in [-0.3, -0.25) is 4.68 Å². The molecule has 0 bridgehead atoms. The molecule has 1 heterocycles. The molecule has 0 aliphatic rings. The second-order valence-electron chi connectivity index (χ2n) is 2.96. The van der Waals surface area contributed by atoms with Crippen LogP contribution in [0, 0.1) is 0 Å². The van der Waals surface area contributed by atoms with Gasteiger partial charge in [-0.25, -0.2) is 4.79 Å². The molecule has 1 N–H and O–H groups in total. The van der Waals surface area contributed by atoms with E-state index in [2.05, 4.69) is 5.10 Å². The lowest BCUT2D eigenvalue weighted by atomic mass is 10.1. The van der Waals surface area contributed by atoms with Crippen LogP contribution in [0.2, 0.25) is 0 Å². The highest BCUT2D eigenvalue weighted by molar-refractivity contribution is 5.87. The molecule has 0 saturated heterocycles. The van der Waals surface area contributed by atoms with Crippen molar-refractivity contribution in [3.05, 3.63) is 17.0 Å². The molecule has 0 aliphatic carbocycles. The van der Waals surface area contributed by atoms with Gasteiger partial charge >= 0.3 is 12.1 Å². The molecule has 84 valence electrons. The smallest absolute Gasteiger partial charge is 0.433 e. The fraction of sp³-hybridized carbons (Fsp3) is 0.500. The Morgan fingerprint density at radius 2 is 2.07 bits per heavy atom. The van der Waals surface area contributed by atoms with E-state index < -0.39 is 23.5 Å². The summed E-state index contributed by atoms with van der Waals surface area (Å²) >= 11 is 0. The van der Waals surface area contributed by atoms with Gasteiger partial charge in [0.05, 0.1) is 0 Å². The lowest BCUT2D eigenvalue weighted by Crippen LogP contribution is -2.14. The SMILES string of the molecule is CCc1c(C(=O)O)nn(C)c1C(F)(F)F. The third-order valence-corrected chi connectivity index (χ3v) is 1.97. The number of carbonyl (C=O) groups is 1. The van der Waals surface area contributed by atoms with E-state index >= 15 is 0 Å². The Balaban J connectivity index is 3.45. The van der Waals surface area contributed by atoms with E-state index in [-0.39, 0.29) is 12.0 Å². The minimum Gasteiger partial charge on any atom is -0.476 e. The van der Waals surface area contributed by atoms with Gasteiger partial charge in [-0.05, 0) is 6.42 Å². The van der Waals surface area contributed by atoms with Crippen molar-refractivity contribution in [3.8, 4) is 0 Å². The molecule has 0 amide bonds. The molecule has 7 heteroatoms. The number of nitrogens with zero attached hydrogens (tertiary/aromatic N) is 2. The average Bonchev–Trinajstić information content (AvgIpc) is 2.41. The highest BCUT2D eigenvalue weighted by Gasteiger charge is 2.39. The Morgan fingerprint density at radius 3 is 2.40 bits per heavy atom. The third-order valence-electron chi connectivity index (χ3n) is 1.97. The Labute approximate surface area is 83.3 Å². The van der Waals surface area contributed by atoms with Crippen molar-refractivity contribution in [3.63, 3.8) is 0 Å². The molecule has 4 nitrogen and oxygen atoms in total. The summed E-state index contributed by atoms with van der Waals surface area (Å²) in [6.45, 7) is 1.46. The molecule has 0 saturated carbocycles. The van der Waals surface area contributed by atoms with Gasteiger partial charge < -0.3 is 5.11 Å². The number of carboxylic acid groups (broad SMARTS) is 1. The van der Waals surface area contributed by atoms with Crippen LogP contribution in [0.25, 0.3) is 0 Å². The van der Waals surface area contributed by atoms with Crippen LogP contribution in [-0.2, 0) is 19.6 Å². The van der Waals surface area contributed by atoms with Crippen LogP contribution < -0.4 is 0 Å². The van der Waals surface area contributed by atoms with Crippen molar-refractivity contribution in [1.29, 1.82) is 0 Å². The van der Waals surface area contributed by atoms with Gasteiger partial charge in [-0.2, -0.15) is 18.3 Å². The van der Waals surface area contributed by atoms with Crippen molar-refractivity contribution in [1.82, 2.24) is 9.78 Å². The predicted molar refractivity (Wildman–Crippen MR) is 44.5 cm³/mol. The van der Waals surface area contributed by atoms with Crippen molar-refractivity contribution >= 4 is 5.97 Å². The van der Waals surface area contributed by atoms with E-state index in [9.17, 15) is 18.0 Å². The fourth-order valence-electron chi connectivity index (χ4n) is 1.43. The van der Waals surface area contributed by atoms with Crippen molar-refractivity contribution in [2.45, 2.75) is 19.5 Å². The predicted octanol–water partition coefficient (Wildman–Crippen LogP) is 1.70. The summed E-state index contributed by atoms with van der Waals surface area (Å²) in [6, 6.07) is 0. The molecule has 0 atom stereocenters. The van der Waals surface area contributed by atoms with E-state index in [0.29, 0.717) is 4.68 Å². The minimum absolute atomic E-state index is 0.0235. The van der Waals surface area contributed by atoms with Gasteiger partial charge in [-0.1, -0.05) is 6.92 Å². The number of rotatable bonds is 2. The van der Waals surface area contributed by atoms with E-state index in [4.69, 9.17) is 5.11 Å². The zero-order chi connectivity index (χ0) is 11.8. The average molecular weight is 222 g/mol. The zero-order valence-electron chi connectivity index (χ0n) is 8.09. The lowest BCUT2D eigenvalue weighted by molar-refractivity contribution is -0.144. The first kappa shape index (κ1) is 11.5. The van der Waals surface area contributed by atoms with Gasteiger partial charge in [0.1, 0.15) is 5.69 Å². The maximum absolute atomic E-state index is 12.5. The lowest BCUT2D eigenvalue weighted by Gasteiger charge is -2.08. The first-order chi connectivity index (χ1) is 6.79. The molecule has 0 aliphatic heterocycles. The van der Waals surface area contributed by atoms with Crippen LogP contribution in [0.3, 0.4) is 0 Å². The molecular formula is C8H9F3N2O2. The first-order valence-corrected chi connectivity index (χ1v) is 4.15. The number of aryl methyl sites for hydroxylation is 1. The molecule has 1 aromatic heterocycles. The third kappa shape index (κ3) is 1.95. The first-order valence-electron chi connectivity index (χ1n) is 4.15. The highest BCUT2D eigenvalue weighted by Crippen LogP contribution is 2.33. The van der Waals surface area contributed by atoms with Crippen molar-refractivity contribution in [2.24, 2.45) is 7.05 Å². The molecule has 1 aromatic rings. The molecular weight excluding hydrogens is 213 g/mol. The van der Waals surface area contributed by atoms with Crippen LogP contribution in [0.15, 0.2) is 0 Å². The normalized spacial score (nSPS) is 11.8. The summed E-state index contributed by atoms with van der Waals surface area (Å²) in [7, 11) is 1.08. The quantitative estimate of drug-likeness (QED) is 0.828. The molecule has 0 fully saturated rings. The summed E-state index contributed by atoms with van der Waals surface area (Å²) < 4.78 is 38.1. The fourth-order valence-corrected chi connectivity index (χ4v) is 1.43. The Bertz CT molecular complexity index is 395. The Kier molecular flexibility index (Phi) is 2.74. The molecule has 15 heavy (non-hydrogen) atoms.